The Balaban J connectivity index is 2.40. The third-order valence-electron chi connectivity index (χ3n) is 3.02. The minimum atomic E-state index is -3.65. The van der Waals surface area contributed by atoms with E-state index in [1.165, 1.54) is 6.20 Å². The van der Waals surface area contributed by atoms with Crippen LogP contribution in [0.1, 0.15) is 16.7 Å². The minimum Gasteiger partial charge on any atom is -0.397 e. The molecule has 3 N–H and O–H groups in total. The van der Waals surface area contributed by atoms with Gasteiger partial charge in [0.2, 0.25) is 0 Å². The van der Waals surface area contributed by atoms with Crippen molar-refractivity contribution in [3.8, 4) is 0 Å². The number of aromatic nitrogens is 1. The number of hydrogen-bond acceptors (Lipinski definition) is 4. The predicted octanol–water partition coefficient (Wildman–Crippen LogP) is 2.39. The van der Waals surface area contributed by atoms with Crippen molar-refractivity contribution in [3.63, 3.8) is 0 Å². The van der Waals surface area contributed by atoms with Gasteiger partial charge in [0.05, 0.1) is 16.8 Å². The molecule has 0 unspecified atom stereocenters. The van der Waals surface area contributed by atoms with E-state index >= 15 is 0 Å². The lowest BCUT2D eigenvalue weighted by Crippen LogP contribution is -2.15. The van der Waals surface area contributed by atoms with Crippen LogP contribution in [-0.4, -0.2) is 13.4 Å². The Morgan fingerprint density at radius 2 is 1.80 bits per heavy atom. The number of nitrogens with two attached hydrogens (primary N) is 1. The largest absolute Gasteiger partial charge is 0.397 e. The van der Waals surface area contributed by atoms with Gasteiger partial charge >= 0.3 is 0 Å². The molecule has 5 nitrogen and oxygen atoms in total. The van der Waals surface area contributed by atoms with Gasteiger partial charge in [-0.05, 0) is 49.6 Å². The average Bonchev–Trinajstić information content (AvgIpc) is 2.36. The van der Waals surface area contributed by atoms with Gasteiger partial charge in [-0.25, -0.2) is 13.4 Å². The first-order valence-electron chi connectivity index (χ1n) is 6.12. The summed E-state index contributed by atoms with van der Waals surface area (Å²) < 4.78 is 27.3. The molecule has 0 atom stereocenters. The fraction of sp³-hybridized carbons (Fsp3) is 0.214. The molecule has 0 aliphatic rings. The van der Waals surface area contributed by atoms with E-state index in [-0.39, 0.29) is 10.7 Å². The van der Waals surface area contributed by atoms with Crippen LogP contribution in [0.4, 0.5) is 11.5 Å². The lowest BCUT2D eigenvalue weighted by molar-refractivity contribution is 0.600. The molecule has 0 bridgehead atoms. The van der Waals surface area contributed by atoms with Crippen LogP contribution in [0.5, 0.6) is 0 Å². The summed E-state index contributed by atoms with van der Waals surface area (Å²) in [7, 11) is -3.65. The Kier molecular flexibility index (Phi) is 3.67. The number of rotatable bonds is 3. The molecule has 0 aliphatic heterocycles. The standard InChI is InChI=1S/C14H17N3O2S/c1-9-4-5-10(2)13(6-9)20(18,19)17-14-7-11(3)12(15)8-16-14/h4-8H,15H2,1-3H3,(H,16,17). The zero-order chi connectivity index (χ0) is 14.9. The number of anilines is 2. The zero-order valence-corrected chi connectivity index (χ0v) is 12.5. The molecule has 0 saturated carbocycles. The summed E-state index contributed by atoms with van der Waals surface area (Å²) in [6.07, 6.45) is 1.44. The highest BCUT2D eigenvalue weighted by Crippen LogP contribution is 2.21. The highest BCUT2D eigenvalue weighted by Gasteiger charge is 2.17. The van der Waals surface area contributed by atoms with Crippen LogP contribution < -0.4 is 10.5 Å². The Hall–Kier alpha value is -2.08. The van der Waals surface area contributed by atoms with Gasteiger partial charge in [0.1, 0.15) is 5.82 Å². The van der Waals surface area contributed by atoms with Crippen molar-refractivity contribution < 1.29 is 8.42 Å². The Bertz CT molecular complexity index is 755. The van der Waals surface area contributed by atoms with E-state index in [0.717, 1.165) is 11.1 Å². The normalized spacial score (nSPS) is 11.3. The van der Waals surface area contributed by atoms with Crippen molar-refractivity contribution in [2.75, 3.05) is 10.5 Å². The number of hydrogen-bond donors (Lipinski definition) is 2. The number of pyridine rings is 1. The van der Waals surface area contributed by atoms with E-state index in [4.69, 9.17) is 5.73 Å². The summed E-state index contributed by atoms with van der Waals surface area (Å²) in [5, 5.41) is 0. The first-order chi connectivity index (χ1) is 9.29. The van der Waals surface area contributed by atoms with Crippen LogP contribution in [0.3, 0.4) is 0 Å². The molecule has 0 saturated heterocycles. The van der Waals surface area contributed by atoms with Crippen LogP contribution in [0.25, 0.3) is 0 Å². The molecule has 6 heteroatoms. The third kappa shape index (κ3) is 2.91. The van der Waals surface area contributed by atoms with Crippen molar-refractivity contribution >= 4 is 21.5 Å². The highest BCUT2D eigenvalue weighted by molar-refractivity contribution is 7.92. The lowest BCUT2D eigenvalue weighted by atomic mass is 10.2. The van der Waals surface area contributed by atoms with Crippen LogP contribution in [0, 0.1) is 20.8 Å². The van der Waals surface area contributed by atoms with Crippen molar-refractivity contribution in [1.82, 2.24) is 4.98 Å². The summed E-state index contributed by atoms with van der Waals surface area (Å²) >= 11 is 0. The Morgan fingerprint density at radius 1 is 1.10 bits per heavy atom. The van der Waals surface area contributed by atoms with Crippen LogP contribution in [0.2, 0.25) is 0 Å². The van der Waals surface area contributed by atoms with Crippen molar-refractivity contribution in [1.29, 1.82) is 0 Å². The van der Waals surface area contributed by atoms with Crippen LogP contribution >= 0.6 is 0 Å². The molecule has 0 radical (unpaired) electrons. The van der Waals surface area contributed by atoms with E-state index < -0.39 is 10.0 Å². The first kappa shape index (κ1) is 14.3. The molecule has 1 aromatic carbocycles. The molecule has 2 aromatic rings. The molecule has 0 aliphatic carbocycles. The molecule has 20 heavy (non-hydrogen) atoms. The molecule has 0 spiro atoms. The maximum atomic E-state index is 12.4. The van der Waals surface area contributed by atoms with Gasteiger partial charge in [0.25, 0.3) is 10.0 Å². The molecule has 2 rings (SSSR count). The third-order valence-corrected chi connectivity index (χ3v) is 4.52. The highest BCUT2D eigenvalue weighted by atomic mass is 32.2. The van der Waals surface area contributed by atoms with E-state index in [0.29, 0.717) is 11.3 Å². The number of sulfonamides is 1. The lowest BCUT2D eigenvalue weighted by Gasteiger charge is -2.11. The summed E-state index contributed by atoms with van der Waals surface area (Å²) in [6, 6.07) is 6.91. The average molecular weight is 291 g/mol. The topological polar surface area (TPSA) is 85.1 Å². The monoisotopic (exact) mass is 291 g/mol. The Morgan fingerprint density at radius 3 is 2.45 bits per heavy atom. The SMILES string of the molecule is Cc1ccc(C)c(S(=O)(=O)Nc2cc(C)c(N)cn2)c1. The number of nitrogens with one attached hydrogen (secondary N) is 1. The summed E-state index contributed by atoms with van der Waals surface area (Å²) in [5.74, 6) is 0.262. The smallest absolute Gasteiger partial charge is 0.263 e. The maximum Gasteiger partial charge on any atom is 0.263 e. The number of benzene rings is 1. The van der Waals surface area contributed by atoms with E-state index in [1.54, 1.807) is 32.0 Å². The molecular weight excluding hydrogens is 274 g/mol. The molecule has 0 amide bonds. The quantitative estimate of drug-likeness (QED) is 0.909. The summed E-state index contributed by atoms with van der Waals surface area (Å²) in [6.45, 7) is 5.41. The summed E-state index contributed by atoms with van der Waals surface area (Å²) in [4.78, 5) is 4.24. The van der Waals surface area contributed by atoms with Crippen LogP contribution in [0.15, 0.2) is 35.4 Å². The number of nitrogen functional groups attached to an aromatic ring is 1. The fourth-order valence-corrected chi connectivity index (χ4v) is 3.14. The second-order valence-corrected chi connectivity index (χ2v) is 6.45. The number of nitrogens with zero attached hydrogens (tertiary/aromatic N) is 1. The molecule has 0 fully saturated rings. The van der Waals surface area contributed by atoms with Gasteiger partial charge in [-0.1, -0.05) is 12.1 Å². The predicted molar refractivity (Wildman–Crippen MR) is 80.1 cm³/mol. The number of aryl methyl sites for hydroxylation is 3. The molecular formula is C14H17N3O2S. The van der Waals surface area contributed by atoms with Crippen molar-refractivity contribution in [3.05, 3.63) is 47.2 Å². The second kappa shape index (κ2) is 5.13. The van der Waals surface area contributed by atoms with Gasteiger partial charge in [0, 0.05) is 0 Å². The van der Waals surface area contributed by atoms with Gasteiger partial charge in [-0.15, -0.1) is 0 Å². The second-order valence-electron chi connectivity index (χ2n) is 4.80. The van der Waals surface area contributed by atoms with Gasteiger partial charge in [0.15, 0.2) is 0 Å². The van der Waals surface area contributed by atoms with Gasteiger partial charge in [-0.2, -0.15) is 0 Å². The van der Waals surface area contributed by atoms with E-state index in [1.807, 2.05) is 13.0 Å². The van der Waals surface area contributed by atoms with Crippen LogP contribution in [-0.2, 0) is 10.0 Å². The molecule has 106 valence electrons. The van der Waals surface area contributed by atoms with E-state index in [2.05, 4.69) is 9.71 Å². The maximum absolute atomic E-state index is 12.4. The van der Waals surface area contributed by atoms with E-state index in [9.17, 15) is 8.42 Å². The van der Waals surface area contributed by atoms with Gasteiger partial charge < -0.3 is 5.73 Å². The van der Waals surface area contributed by atoms with Crippen molar-refractivity contribution in [2.45, 2.75) is 25.7 Å². The minimum absolute atomic E-state index is 0.258. The zero-order valence-electron chi connectivity index (χ0n) is 11.6. The molecule has 1 aromatic heterocycles. The van der Waals surface area contributed by atoms with Gasteiger partial charge in [-0.3, -0.25) is 4.72 Å². The summed E-state index contributed by atoms with van der Waals surface area (Å²) in [5.41, 5.74) is 8.55. The first-order valence-corrected chi connectivity index (χ1v) is 7.60. The van der Waals surface area contributed by atoms with Crippen molar-refractivity contribution in [2.24, 2.45) is 0 Å². The Labute approximate surface area is 118 Å². The molecule has 1 heterocycles. The fourth-order valence-electron chi connectivity index (χ4n) is 1.81.